The van der Waals surface area contributed by atoms with Crippen molar-refractivity contribution in [3.05, 3.63) is 99.2 Å². The number of fused-ring (bicyclic) bond motifs is 1. The number of halogens is 1. The fraction of sp³-hybridized carbons (Fsp3) is 0.312. The van der Waals surface area contributed by atoms with Gasteiger partial charge in [0.1, 0.15) is 5.75 Å². The number of carbonyl (C=O) groups excluding carboxylic acids is 2. The lowest BCUT2D eigenvalue weighted by molar-refractivity contribution is -0.113. The van der Waals surface area contributed by atoms with Crippen molar-refractivity contribution in [2.45, 2.75) is 66.2 Å². The summed E-state index contributed by atoms with van der Waals surface area (Å²) in [7, 11) is 0. The molecule has 2 atom stereocenters. The van der Waals surface area contributed by atoms with E-state index in [1.165, 1.54) is 5.56 Å². The highest BCUT2D eigenvalue weighted by Crippen LogP contribution is 2.29. The monoisotopic (exact) mass is 530 g/mol. The Morgan fingerprint density at radius 3 is 2.45 bits per heavy atom. The van der Waals surface area contributed by atoms with Crippen LogP contribution in [-0.4, -0.2) is 22.9 Å². The molecular weight excluding hydrogens is 496 g/mol. The normalized spacial score (nSPS) is 12.9. The summed E-state index contributed by atoms with van der Waals surface area (Å²) in [6.07, 6.45) is 0.203. The molecule has 5 nitrogen and oxygen atoms in total. The quantitative estimate of drug-likeness (QED) is 0.227. The highest BCUT2D eigenvalue weighted by Gasteiger charge is 2.17. The second kappa shape index (κ2) is 11.4. The molecule has 0 aliphatic rings. The van der Waals surface area contributed by atoms with Gasteiger partial charge in [-0.3, -0.25) is 9.59 Å². The van der Waals surface area contributed by atoms with Gasteiger partial charge in [-0.05, 0) is 92.3 Å². The van der Waals surface area contributed by atoms with Crippen LogP contribution in [0.15, 0.2) is 60.7 Å². The molecule has 0 saturated carbocycles. The summed E-state index contributed by atoms with van der Waals surface area (Å²) in [4.78, 5) is 24.2. The third-order valence-electron chi connectivity index (χ3n) is 7.11. The molecule has 0 fully saturated rings. The number of aromatic nitrogens is 1. The zero-order chi connectivity index (χ0) is 27.6. The van der Waals surface area contributed by atoms with Gasteiger partial charge in [-0.2, -0.15) is 0 Å². The number of ether oxygens (including phenoxy) is 1. The number of benzene rings is 3. The minimum Gasteiger partial charge on any atom is -0.483 e. The van der Waals surface area contributed by atoms with Crippen molar-refractivity contribution in [2.75, 3.05) is 0 Å². The molecule has 0 bridgehead atoms. The van der Waals surface area contributed by atoms with Gasteiger partial charge in [0.15, 0.2) is 12.4 Å². The van der Waals surface area contributed by atoms with Crippen molar-refractivity contribution < 1.29 is 14.3 Å². The molecule has 4 rings (SSSR count). The van der Waals surface area contributed by atoms with Crippen molar-refractivity contribution in [1.29, 1.82) is 0 Å². The van der Waals surface area contributed by atoms with Crippen LogP contribution >= 0.6 is 11.6 Å². The minimum absolute atomic E-state index is 0.0971. The van der Waals surface area contributed by atoms with E-state index in [9.17, 15) is 9.59 Å². The number of nitrogens with zero attached hydrogens (tertiary/aromatic N) is 1. The Morgan fingerprint density at radius 2 is 1.74 bits per heavy atom. The maximum atomic E-state index is 13.2. The number of rotatable bonds is 9. The van der Waals surface area contributed by atoms with Crippen LogP contribution in [0.5, 0.6) is 5.75 Å². The van der Waals surface area contributed by atoms with E-state index in [1.54, 1.807) is 13.0 Å². The largest absolute Gasteiger partial charge is 0.483 e. The first-order valence-electron chi connectivity index (χ1n) is 13.0. The van der Waals surface area contributed by atoms with Gasteiger partial charge >= 0.3 is 0 Å². The van der Waals surface area contributed by atoms with Crippen molar-refractivity contribution in [2.24, 2.45) is 0 Å². The Kier molecular flexibility index (Phi) is 8.27. The van der Waals surface area contributed by atoms with Crippen LogP contribution in [0.2, 0.25) is 5.02 Å². The Morgan fingerprint density at radius 1 is 1.00 bits per heavy atom. The van der Waals surface area contributed by atoms with Crippen molar-refractivity contribution in [3.8, 4) is 5.75 Å². The molecule has 0 radical (unpaired) electrons. The molecule has 0 saturated heterocycles. The van der Waals surface area contributed by atoms with Crippen LogP contribution in [-0.2, 0) is 11.3 Å². The van der Waals surface area contributed by atoms with E-state index in [1.807, 2.05) is 43.3 Å². The molecule has 198 valence electrons. The van der Waals surface area contributed by atoms with Gasteiger partial charge in [-0.25, -0.2) is 0 Å². The van der Waals surface area contributed by atoms with Crippen LogP contribution in [0.1, 0.15) is 78.0 Å². The van der Waals surface area contributed by atoms with E-state index in [2.05, 4.69) is 55.8 Å². The fourth-order valence-electron chi connectivity index (χ4n) is 4.75. The molecule has 6 heteroatoms. The molecule has 38 heavy (non-hydrogen) atoms. The maximum absolute atomic E-state index is 13.2. The Labute approximate surface area is 229 Å². The summed E-state index contributed by atoms with van der Waals surface area (Å²) in [5.74, 6) is 0.895. The summed E-state index contributed by atoms with van der Waals surface area (Å²) < 4.78 is 7.88. The third-order valence-corrected chi connectivity index (χ3v) is 7.33. The number of carbonyl (C=O) groups is 2. The van der Waals surface area contributed by atoms with Crippen molar-refractivity contribution in [1.82, 2.24) is 9.88 Å². The number of hydrogen-bond acceptors (Lipinski definition) is 3. The van der Waals surface area contributed by atoms with Crippen LogP contribution < -0.4 is 10.1 Å². The van der Waals surface area contributed by atoms with Crippen LogP contribution in [0.3, 0.4) is 0 Å². The molecule has 0 unspecified atom stereocenters. The van der Waals surface area contributed by atoms with Gasteiger partial charge in [0.2, 0.25) is 0 Å². The first kappa shape index (κ1) is 27.5. The predicted molar refractivity (Wildman–Crippen MR) is 155 cm³/mol. The minimum atomic E-state index is -0.552. The van der Waals surface area contributed by atoms with Crippen molar-refractivity contribution >= 4 is 34.7 Å². The molecule has 1 amide bonds. The highest BCUT2D eigenvalue weighted by molar-refractivity contribution is 6.30. The highest BCUT2D eigenvalue weighted by atomic mass is 35.5. The van der Waals surface area contributed by atoms with E-state index < -0.39 is 6.10 Å². The van der Waals surface area contributed by atoms with Gasteiger partial charge in [0.05, 0.1) is 6.04 Å². The molecule has 1 aromatic heterocycles. The van der Waals surface area contributed by atoms with Gasteiger partial charge < -0.3 is 14.6 Å². The van der Waals surface area contributed by atoms with E-state index in [0.29, 0.717) is 28.8 Å². The van der Waals surface area contributed by atoms with E-state index in [0.717, 1.165) is 39.6 Å². The summed E-state index contributed by atoms with van der Waals surface area (Å²) in [5.41, 5.74) is 7.22. The molecule has 1 heterocycles. The number of nitrogens with one attached hydrogen (secondary N) is 1. The SMILES string of the molecule is Cc1c(C)n(Cc2cc(Cl)cc(O[C@H](C)C=O)c2)c2ccc(C(=O)N[C@@H](C)c3cccc(C(C)C)c3)cc12. The molecule has 0 spiro atoms. The molecule has 3 aromatic carbocycles. The number of aryl methyl sites for hydroxylation is 1. The van der Waals surface area contributed by atoms with Gasteiger partial charge in [-0.15, -0.1) is 0 Å². The van der Waals surface area contributed by atoms with Crippen LogP contribution in [0.4, 0.5) is 0 Å². The first-order chi connectivity index (χ1) is 18.1. The Hall–Kier alpha value is -3.57. The third kappa shape index (κ3) is 5.94. The molecule has 1 N–H and O–H groups in total. The standard InChI is InChI=1S/C32H35ClN2O3/c1-19(2)25-8-7-9-26(14-25)22(5)34-32(37)27-10-11-31-30(15-27)21(4)23(6)35(31)17-24-12-28(33)16-29(13-24)38-20(3)18-36/h7-16,18-20,22H,17H2,1-6H3,(H,34,37)/t20-,22+/m1/s1. The van der Waals surface area contributed by atoms with Crippen LogP contribution in [0.25, 0.3) is 10.9 Å². The molecule has 0 aliphatic carbocycles. The lowest BCUT2D eigenvalue weighted by Crippen LogP contribution is -2.26. The predicted octanol–water partition coefficient (Wildman–Crippen LogP) is 7.54. The van der Waals surface area contributed by atoms with Gasteiger partial charge in [0.25, 0.3) is 5.91 Å². The summed E-state index contributed by atoms with van der Waals surface area (Å²) >= 11 is 6.35. The van der Waals surface area contributed by atoms with E-state index in [4.69, 9.17) is 16.3 Å². The lowest BCUT2D eigenvalue weighted by Gasteiger charge is -2.17. The summed E-state index contributed by atoms with van der Waals surface area (Å²) in [6.45, 7) is 12.8. The maximum Gasteiger partial charge on any atom is 0.251 e. The van der Waals surface area contributed by atoms with Gasteiger partial charge in [-0.1, -0.05) is 49.7 Å². The summed E-state index contributed by atoms with van der Waals surface area (Å²) in [5, 5.41) is 4.75. The topological polar surface area (TPSA) is 60.3 Å². The van der Waals surface area contributed by atoms with Crippen molar-refractivity contribution in [3.63, 3.8) is 0 Å². The number of aldehydes is 1. The first-order valence-corrected chi connectivity index (χ1v) is 13.4. The molecule has 4 aromatic rings. The fourth-order valence-corrected chi connectivity index (χ4v) is 5.00. The zero-order valence-corrected chi connectivity index (χ0v) is 23.6. The van der Waals surface area contributed by atoms with Gasteiger partial charge in [0, 0.05) is 33.7 Å². The smallest absolute Gasteiger partial charge is 0.251 e. The summed E-state index contributed by atoms with van der Waals surface area (Å²) in [6, 6.07) is 19.7. The second-order valence-electron chi connectivity index (χ2n) is 10.3. The number of hydrogen-bond donors (Lipinski definition) is 1. The van der Waals surface area contributed by atoms with E-state index >= 15 is 0 Å². The number of amides is 1. The van der Waals surface area contributed by atoms with E-state index in [-0.39, 0.29) is 11.9 Å². The molecular formula is C32H35ClN2O3. The lowest BCUT2D eigenvalue weighted by atomic mass is 9.98. The Balaban J connectivity index is 1.59. The average Bonchev–Trinajstić information content (AvgIpc) is 3.12. The zero-order valence-electron chi connectivity index (χ0n) is 22.8. The molecule has 0 aliphatic heterocycles. The Bertz CT molecular complexity index is 1490. The second-order valence-corrected chi connectivity index (χ2v) is 10.7. The van der Waals surface area contributed by atoms with Crippen LogP contribution in [0, 0.1) is 13.8 Å². The average molecular weight is 531 g/mol.